The molecule has 0 fully saturated rings. The number of aromatic nitrogens is 2. The predicted octanol–water partition coefficient (Wildman–Crippen LogP) is 1.31. The molecule has 2 N–H and O–H groups in total. The van der Waals surface area contributed by atoms with Gasteiger partial charge < -0.3 is 10.6 Å². The SMILES string of the molecule is O=C(Cn1cccn1)Nc1ccc2c(c1F)CCNC2. The monoisotopic (exact) mass is 274 g/mol. The molecule has 3 rings (SSSR count). The number of rotatable bonds is 3. The first-order valence-electron chi connectivity index (χ1n) is 6.52. The van der Waals surface area contributed by atoms with Gasteiger partial charge in [-0.05, 0) is 36.2 Å². The second-order valence-electron chi connectivity index (χ2n) is 4.74. The van der Waals surface area contributed by atoms with Gasteiger partial charge >= 0.3 is 0 Å². The summed E-state index contributed by atoms with van der Waals surface area (Å²) in [5, 5.41) is 9.74. The van der Waals surface area contributed by atoms with Gasteiger partial charge in [0.2, 0.25) is 5.91 Å². The van der Waals surface area contributed by atoms with Crippen molar-refractivity contribution in [3.63, 3.8) is 0 Å². The Balaban J connectivity index is 1.76. The summed E-state index contributed by atoms with van der Waals surface area (Å²) in [6, 6.07) is 5.20. The third kappa shape index (κ3) is 2.55. The minimum Gasteiger partial charge on any atom is -0.322 e. The van der Waals surface area contributed by atoms with E-state index in [1.807, 2.05) is 6.07 Å². The van der Waals surface area contributed by atoms with Crippen molar-refractivity contribution < 1.29 is 9.18 Å². The largest absolute Gasteiger partial charge is 0.322 e. The molecule has 6 heteroatoms. The molecule has 0 bridgehead atoms. The van der Waals surface area contributed by atoms with Gasteiger partial charge in [-0.3, -0.25) is 9.48 Å². The molecule has 0 spiro atoms. The van der Waals surface area contributed by atoms with Crippen molar-refractivity contribution in [3.05, 3.63) is 47.5 Å². The fourth-order valence-corrected chi connectivity index (χ4v) is 2.36. The molecule has 1 aliphatic rings. The maximum absolute atomic E-state index is 14.3. The van der Waals surface area contributed by atoms with Crippen molar-refractivity contribution in [1.82, 2.24) is 15.1 Å². The molecule has 2 aromatic rings. The van der Waals surface area contributed by atoms with E-state index in [9.17, 15) is 9.18 Å². The quantitative estimate of drug-likeness (QED) is 0.887. The zero-order valence-electron chi connectivity index (χ0n) is 10.9. The number of carbonyl (C=O) groups is 1. The number of nitrogens with zero attached hydrogens (tertiary/aromatic N) is 2. The highest BCUT2D eigenvalue weighted by atomic mass is 19.1. The number of anilines is 1. The molecule has 0 unspecified atom stereocenters. The third-order valence-electron chi connectivity index (χ3n) is 3.35. The van der Waals surface area contributed by atoms with E-state index in [2.05, 4.69) is 15.7 Å². The van der Waals surface area contributed by atoms with E-state index in [-0.39, 0.29) is 24.0 Å². The van der Waals surface area contributed by atoms with Crippen LogP contribution in [0.2, 0.25) is 0 Å². The molecular weight excluding hydrogens is 259 g/mol. The van der Waals surface area contributed by atoms with E-state index >= 15 is 0 Å². The Morgan fingerprint density at radius 3 is 3.20 bits per heavy atom. The van der Waals surface area contributed by atoms with E-state index in [1.165, 1.54) is 4.68 Å². The standard InChI is InChI=1S/C14H15FN4O/c15-14-11-4-6-16-8-10(11)2-3-12(14)18-13(20)9-19-7-1-5-17-19/h1-3,5,7,16H,4,6,8-9H2,(H,18,20). The van der Waals surface area contributed by atoms with Gasteiger partial charge in [-0.15, -0.1) is 0 Å². The second-order valence-corrected chi connectivity index (χ2v) is 4.74. The number of carbonyl (C=O) groups excluding carboxylic acids is 1. The molecule has 1 aliphatic heterocycles. The summed E-state index contributed by atoms with van der Waals surface area (Å²) in [5.41, 5.74) is 1.89. The van der Waals surface area contributed by atoms with Crippen LogP contribution in [0.4, 0.5) is 10.1 Å². The Morgan fingerprint density at radius 2 is 2.40 bits per heavy atom. The molecule has 0 saturated carbocycles. The topological polar surface area (TPSA) is 59.0 Å². The first kappa shape index (κ1) is 12.8. The number of halogens is 1. The van der Waals surface area contributed by atoms with Gasteiger partial charge in [0.15, 0.2) is 0 Å². The van der Waals surface area contributed by atoms with Gasteiger partial charge in [0.25, 0.3) is 0 Å². The Kier molecular flexibility index (Phi) is 3.47. The number of hydrogen-bond donors (Lipinski definition) is 2. The third-order valence-corrected chi connectivity index (χ3v) is 3.35. The van der Waals surface area contributed by atoms with Crippen molar-refractivity contribution >= 4 is 11.6 Å². The zero-order chi connectivity index (χ0) is 13.9. The minimum absolute atomic E-state index is 0.0745. The molecule has 1 aromatic heterocycles. The fourth-order valence-electron chi connectivity index (χ4n) is 2.36. The van der Waals surface area contributed by atoms with Crippen LogP contribution in [0.3, 0.4) is 0 Å². The van der Waals surface area contributed by atoms with Gasteiger partial charge in [0, 0.05) is 18.9 Å². The van der Waals surface area contributed by atoms with E-state index in [4.69, 9.17) is 0 Å². The maximum Gasteiger partial charge on any atom is 0.246 e. The van der Waals surface area contributed by atoms with E-state index in [0.29, 0.717) is 18.5 Å². The van der Waals surface area contributed by atoms with Crippen LogP contribution < -0.4 is 10.6 Å². The van der Waals surface area contributed by atoms with E-state index < -0.39 is 0 Å². The Bertz CT molecular complexity index is 624. The Morgan fingerprint density at radius 1 is 1.50 bits per heavy atom. The smallest absolute Gasteiger partial charge is 0.246 e. The molecule has 0 aliphatic carbocycles. The van der Waals surface area contributed by atoms with Gasteiger partial charge in [-0.1, -0.05) is 6.07 Å². The molecule has 20 heavy (non-hydrogen) atoms. The lowest BCUT2D eigenvalue weighted by Gasteiger charge is -2.19. The average Bonchev–Trinajstić information content (AvgIpc) is 2.95. The van der Waals surface area contributed by atoms with Crippen molar-refractivity contribution in [2.75, 3.05) is 11.9 Å². The zero-order valence-corrected chi connectivity index (χ0v) is 10.9. The summed E-state index contributed by atoms with van der Waals surface area (Å²) >= 11 is 0. The van der Waals surface area contributed by atoms with Crippen LogP contribution in [-0.2, 0) is 24.3 Å². The van der Waals surface area contributed by atoms with Crippen LogP contribution in [-0.4, -0.2) is 22.2 Å². The first-order valence-corrected chi connectivity index (χ1v) is 6.52. The van der Waals surface area contributed by atoms with Gasteiger partial charge in [0.1, 0.15) is 12.4 Å². The molecule has 1 amide bonds. The van der Waals surface area contributed by atoms with Gasteiger partial charge in [-0.2, -0.15) is 5.10 Å². The summed E-state index contributed by atoms with van der Waals surface area (Å²) in [5.74, 6) is -0.612. The Hall–Kier alpha value is -2.21. The molecule has 0 radical (unpaired) electrons. The van der Waals surface area contributed by atoms with Crippen molar-refractivity contribution in [2.45, 2.75) is 19.5 Å². The molecule has 0 saturated heterocycles. The van der Waals surface area contributed by atoms with E-state index in [0.717, 1.165) is 12.1 Å². The van der Waals surface area contributed by atoms with Crippen LogP contribution in [0.1, 0.15) is 11.1 Å². The fraction of sp³-hybridized carbons (Fsp3) is 0.286. The van der Waals surface area contributed by atoms with Crippen molar-refractivity contribution in [2.24, 2.45) is 0 Å². The number of hydrogen-bond acceptors (Lipinski definition) is 3. The molecule has 2 heterocycles. The lowest BCUT2D eigenvalue weighted by Crippen LogP contribution is -2.25. The van der Waals surface area contributed by atoms with Gasteiger partial charge in [-0.25, -0.2) is 4.39 Å². The van der Waals surface area contributed by atoms with Crippen LogP contribution in [0.15, 0.2) is 30.6 Å². The second kappa shape index (κ2) is 5.42. The molecular formula is C14H15FN4O. The predicted molar refractivity (Wildman–Crippen MR) is 72.7 cm³/mol. The van der Waals surface area contributed by atoms with Crippen LogP contribution >= 0.6 is 0 Å². The van der Waals surface area contributed by atoms with Crippen LogP contribution in [0.5, 0.6) is 0 Å². The molecule has 0 atom stereocenters. The lowest BCUT2D eigenvalue weighted by atomic mass is 9.99. The summed E-state index contributed by atoms with van der Waals surface area (Å²) in [6.07, 6.45) is 3.93. The molecule has 5 nitrogen and oxygen atoms in total. The lowest BCUT2D eigenvalue weighted by molar-refractivity contribution is -0.116. The normalized spacial score (nSPS) is 13.8. The summed E-state index contributed by atoms with van der Waals surface area (Å²) in [7, 11) is 0. The Labute approximate surface area is 115 Å². The molecule has 104 valence electrons. The highest BCUT2D eigenvalue weighted by Gasteiger charge is 2.17. The summed E-state index contributed by atoms with van der Waals surface area (Å²) in [4.78, 5) is 11.8. The number of benzene rings is 1. The van der Waals surface area contributed by atoms with Gasteiger partial charge in [0.05, 0.1) is 5.69 Å². The molecule has 1 aromatic carbocycles. The maximum atomic E-state index is 14.3. The van der Waals surface area contributed by atoms with E-state index in [1.54, 1.807) is 24.5 Å². The van der Waals surface area contributed by atoms with Crippen LogP contribution in [0.25, 0.3) is 0 Å². The highest BCUT2D eigenvalue weighted by Crippen LogP contribution is 2.24. The first-order chi connectivity index (χ1) is 9.74. The number of nitrogens with one attached hydrogen (secondary N) is 2. The summed E-state index contributed by atoms with van der Waals surface area (Å²) in [6.45, 7) is 1.51. The van der Waals surface area contributed by atoms with Crippen LogP contribution in [0, 0.1) is 5.82 Å². The van der Waals surface area contributed by atoms with Crippen molar-refractivity contribution in [1.29, 1.82) is 0 Å². The number of amides is 1. The van der Waals surface area contributed by atoms with Crippen molar-refractivity contribution in [3.8, 4) is 0 Å². The highest BCUT2D eigenvalue weighted by molar-refractivity contribution is 5.90. The number of fused-ring (bicyclic) bond motifs is 1. The average molecular weight is 274 g/mol. The minimum atomic E-state index is -0.321. The summed E-state index contributed by atoms with van der Waals surface area (Å²) < 4.78 is 15.8.